The number of piperazine rings is 2. The van der Waals surface area contributed by atoms with Gasteiger partial charge in [0.05, 0.1) is 84.3 Å². The monoisotopic (exact) mass is 1010 g/mol. The number of methoxy groups -OCH3 is 2. The fourth-order valence-electron chi connectivity index (χ4n) is 8.72. The number of nitrogens with two attached hydrogens (primary N) is 1. The molecular formula is C52H48N14O9. The van der Waals surface area contributed by atoms with Gasteiger partial charge in [-0.3, -0.25) is 33.6 Å². The number of pyridine rings is 2. The van der Waals surface area contributed by atoms with Gasteiger partial charge >= 0.3 is 0 Å². The Bertz CT molecular complexity index is 3460. The van der Waals surface area contributed by atoms with Gasteiger partial charge in [-0.25, -0.2) is 29.9 Å². The van der Waals surface area contributed by atoms with Crippen LogP contribution < -0.4 is 20.5 Å². The fourth-order valence-corrected chi connectivity index (χ4v) is 8.72. The second-order valence-corrected chi connectivity index (χ2v) is 17.1. The van der Waals surface area contributed by atoms with Gasteiger partial charge in [0.2, 0.25) is 5.91 Å². The van der Waals surface area contributed by atoms with Gasteiger partial charge < -0.3 is 50.1 Å². The van der Waals surface area contributed by atoms with E-state index in [2.05, 4.69) is 45.2 Å². The number of H-pyrrole nitrogens is 2. The summed E-state index contributed by atoms with van der Waals surface area (Å²) in [5.41, 5.74) is 9.73. The Morgan fingerprint density at radius 3 is 1.31 bits per heavy atom. The Kier molecular flexibility index (Phi) is 14.6. The molecule has 2 aromatic carbocycles. The summed E-state index contributed by atoms with van der Waals surface area (Å²) in [6.45, 7) is 3.70. The van der Waals surface area contributed by atoms with Crippen LogP contribution in [0.3, 0.4) is 0 Å². The molecular weight excluding hydrogens is 965 g/mol. The van der Waals surface area contributed by atoms with E-state index in [1.54, 1.807) is 46.2 Å². The number of hydrogen-bond donors (Lipinski definition) is 4. The number of fused-ring (bicyclic) bond motifs is 2. The molecule has 5 N–H and O–H groups in total. The first-order valence-corrected chi connectivity index (χ1v) is 23.5. The molecule has 0 bridgehead atoms. The standard InChI is InChI=1S/C27H25N7O5.C25H23N7O4/c1-16(35)32-21-15-28-19(13-29-21)23-24-22(20(39-2)14-31-23)18(12-30-24)25(36)27(38)34-10-8-33(9-11-34)26(37)17-6-4-3-5-7-17;1-36-18-13-30-21(17-12-28-19(26)14-27-17)22-20(18)16(11-29-22)23(33)25(35)32-9-7-31(8-10-32)24(34)15-5-3-2-4-6-15/h3-7,12-15,30H,8-11H2,1-2H3,(H,29,32,35);2-6,11-14,29H,7-10H2,1H3,(H2,26,28). The maximum Gasteiger partial charge on any atom is 0.295 e. The lowest BCUT2D eigenvalue weighted by molar-refractivity contribution is -0.128. The summed E-state index contributed by atoms with van der Waals surface area (Å²) < 4.78 is 10.9. The molecule has 2 aliphatic heterocycles. The summed E-state index contributed by atoms with van der Waals surface area (Å²) in [6, 6.07) is 17.9. The van der Waals surface area contributed by atoms with Gasteiger partial charge in [0.25, 0.3) is 35.2 Å². The number of benzene rings is 2. The Morgan fingerprint density at radius 1 is 0.520 bits per heavy atom. The Labute approximate surface area is 427 Å². The highest BCUT2D eigenvalue weighted by Crippen LogP contribution is 2.36. The van der Waals surface area contributed by atoms with E-state index in [1.807, 2.05) is 24.3 Å². The lowest BCUT2D eigenvalue weighted by atomic mass is 10.1. The number of nitrogens with zero attached hydrogens (tertiary/aromatic N) is 10. The van der Waals surface area contributed by atoms with Gasteiger partial charge in [0, 0.05) is 82.8 Å². The summed E-state index contributed by atoms with van der Waals surface area (Å²) in [5.74, 6) is -1.96. The normalized spacial score (nSPS) is 13.4. The zero-order valence-electron chi connectivity index (χ0n) is 40.8. The van der Waals surface area contributed by atoms with Crippen molar-refractivity contribution in [1.29, 1.82) is 0 Å². The molecule has 10 rings (SSSR count). The molecule has 0 atom stereocenters. The molecule has 0 unspecified atom stereocenters. The number of aromatic nitrogens is 8. The van der Waals surface area contributed by atoms with E-state index >= 15 is 0 Å². The largest absolute Gasteiger partial charge is 0.494 e. The predicted molar refractivity (Wildman–Crippen MR) is 273 cm³/mol. The van der Waals surface area contributed by atoms with Gasteiger partial charge in [-0.05, 0) is 24.3 Å². The number of carbonyl (C=O) groups is 7. The summed E-state index contributed by atoms with van der Waals surface area (Å²) in [5, 5.41) is 3.37. The number of hydrogen-bond acceptors (Lipinski definition) is 16. The van der Waals surface area contributed by atoms with Crippen molar-refractivity contribution in [2.24, 2.45) is 0 Å². The van der Waals surface area contributed by atoms with Crippen LogP contribution in [0.25, 0.3) is 44.6 Å². The molecule has 8 aromatic rings. The topological polar surface area (TPSA) is 298 Å². The van der Waals surface area contributed by atoms with Crippen LogP contribution in [0.2, 0.25) is 0 Å². The van der Waals surface area contributed by atoms with Crippen LogP contribution in [0.4, 0.5) is 11.6 Å². The number of nitrogens with one attached hydrogen (secondary N) is 3. The lowest BCUT2D eigenvalue weighted by Crippen LogP contribution is -2.52. The Morgan fingerprint density at radius 2 is 0.933 bits per heavy atom. The molecule has 23 heteroatoms. The zero-order chi connectivity index (χ0) is 52.8. The quantitative estimate of drug-likeness (QED) is 0.105. The molecule has 0 aliphatic carbocycles. The van der Waals surface area contributed by atoms with Crippen molar-refractivity contribution in [1.82, 2.24) is 59.5 Å². The van der Waals surface area contributed by atoms with E-state index in [9.17, 15) is 33.6 Å². The van der Waals surface area contributed by atoms with Gasteiger partial charge in [0.15, 0.2) is 5.82 Å². The zero-order valence-corrected chi connectivity index (χ0v) is 40.8. The third kappa shape index (κ3) is 10.4. The van der Waals surface area contributed by atoms with E-state index in [4.69, 9.17) is 15.2 Å². The highest BCUT2D eigenvalue weighted by Gasteiger charge is 2.33. The van der Waals surface area contributed by atoms with E-state index in [0.29, 0.717) is 93.4 Å². The highest BCUT2D eigenvalue weighted by molar-refractivity contribution is 6.46. The van der Waals surface area contributed by atoms with Crippen molar-refractivity contribution in [3.63, 3.8) is 0 Å². The SMILES string of the molecule is COc1cnc(-c2cnc(N)cn2)c2[nH]cc(C(=O)C(=O)N3CCN(C(=O)c4ccccc4)CC3)c12.COc1cnc(-c2cnc(NC(C)=O)cn2)c2[nH]cc(C(=O)C(=O)N3CCN(C(=O)c4ccccc4)CC3)c12. The predicted octanol–water partition coefficient (Wildman–Crippen LogP) is 3.93. The molecule has 6 aromatic heterocycles. The Hall–Kier alpha value is -9.93. The molecule has 0 spiro atoms. The van der Waals surface area contributed by atoms with E-state index in [0.717, 1.165) is 0 Å². The highest BCUT2D eigenvalue weighted by atomic mass is 16.5. The van der Waals surface area contributed by atoms with Crippen molar-refractivity contribution in [3.8, 4) is 34.3 Å². The molecule has 2 fully saturated rings. The smallest absolute Gasteiger partial charge is 0.295 e. The molecule has 75 heavy (non-hydrogen) atoms. The average molecular weight is 1010 g/mol. The summed E-state index contributed by atoms with van der Waals surface area (Å²) in [4.78, 5) is 128. The third-order valence-electron chi connectivity index (χ3n) is 12.5. The minimum atomic E-state index is -0.702. The number of aromatic amines is 2. The maximum absolute atomic E-state index is 13.4. The average Bonchev–Trinajstić information content (AvgIpc) is 4.12. The van der Waals surface area contributed by atoms with Crippen molar-refractivity contribution < 1.29 is 43.0 Å². The molecule has 23 nitrogen and oxygen atoms in total. The van der Waals surface area contributed by atoms with Crippen LogP contribution in [0.15, 0.2) is 110 Å². The minimum absolute atomic E-state index is 0.0961. The van der Waals surface area contributed by atoms with Crippen molar-refractivity contribution >= 4 is 74.5 Å². The molecule has 2 saturated heterocycles. The molecule has 0 saturated carbocycles. The number of ether oxygens (including phenoxy) is 2. The van der Waals surface area contributed by atoms with Crippen LogP contribution in [0.5, 0.6) is 11.5 Å². The van der Waals surface area contributed by atoms with Crippen LogP contribution in [0, 0.1) is 0 Å². The molecule has 0 radical (unpaired) electrons. The summed E-state index contributed by atoms with van der Waals surface area (Å²) in [6.07, 6.45) is 11.6. The maximum atomic E-state index is 13.4. The number of amides is 5. The number of ketones is 2. The van der Waals surface area contributed by atoms with Gasteiger partial charge in [0.1, 0.15) is 40.1 Å². The number of nitrogen functional groups attached to an aromatic ring is 1. The first-order chi connectivity index (χ1) is 36.3. The number of carbonyl (C=O) groups excluding carboxylic acids is 7. The van der Waals surface area contributed by atoms with Gasteiger partial charge in [-0.1, -0.05) is 36.4 Å². The van der Waals surface area contributed by atoms with E-state index in [-0.39, 0.29) is 66.7 Å². The third-order valence-corrected chi connectivity index (χ3v) is 12.5. The minimum Gasteiger partial charge on any atom is -0.494 e. The first-order valence-electron chi connectivity index (χ1n) is 23.5. The van der Waals surface area contributed by atoms with Crippen LogP contribution in [0.1, 0.15) is 48.4 Å². The molecule has 2 aliphatic rings. The van der Waals surface area contributed by atoms with E-state index in [1.165, 1.54) is 80.5 Å². The van der Waals surface area contributed by atoms with Crippen LogP contribution in [-0.2, 0) is 14.4 Å². The van der Waals surface area contributed by atoms with Crippen molar-refractivity contribution in [2.45, 2.75) is 6.92 Å². The molecule has 5 amide bonds. The second-order valence-electron chi connectivity index (χ2n) is 17.1. The second kappa shape index (κ2) is 21.8. The van der Waals surface area contributed by atoms with Crippen molar-refractivity contribution in [3.05, 3.63) is 132 Å². The van der Waals surface area contributed by atoms with E-state index < -0.39 is 23.4 Å². The van der Waals surface area contributed by atoms with Crippen LogP contribution in [-0.4, -0.2) is 167 Å². The lowest BCUT2D eigenvalue weighted by Gasteiger charge is -2.34. The molecule has 380 valence electrons. The van der Waals surface area contributed by atoms with Crippen molar-refractivity contribution in [2.75, 3.05) is 77.6 Å². The first kappa shape index (κ1) is 50.0. The summed E-state index contributed by atoms with van der Waals surface area (Å²) in [7, 11) is 2.91. The van der Waals surface area contributed by atoms with Gasteiger partial charge in [-0.2, -0.15) is 0 Å². The number of rotatable bonds is 11. The van der Waals surface area contributed by atoms with Crippen LogP contribution >= 0.6 is 0 Å². The van der Waals surface area contributed by atoms with Gasteiger partial charge in [-0.15, -0.1) is 0 Å². The summed E-state index contributed by atoms with van der Waals surface area (Å²) >= 11 is 0. The molecule has 8 heterocycles. The Balaban J connectivity index is 0.000000184. The fraction of sp³-hybridized carbons (Fsp3) is 0.212. The number of anilines is 2. The number of Topliss-reactive ketones (excluding diaryl/α,β-unsaturated/α-hetero) is 2.